The molecule has 5 unspecified atom stereocenters. The molecule has 3 fully saturated rings. The maximum atomic E-state index is 14.5. The number of likely N-dealkylation sites (tertiary alicyclic amines) is 1. The zero-order chi connectivity index (χ0) is 37.3. The minimum absolute atomic E-state index is 0.136. The molecular weight excluding hydrogens is 693 g/mol. The van der Waals surface area contributed by atoms with Crippen molar-refractivity contribution in [2.24, 2.45) is 16.7 Å². The van der Waals surface area contributed by atoms with Gasteiger partial charge in [-0.05, 0) is 60.3 Å². The number of Topliss-reactive ketones (excluding diaryl/α,β-unsaturated/α-hetero) is 1. The van der Waals surface area contributed by atoms with Crippen molar-refractivity contribution in [3.63, 3.8) is 0 Å². The fourth-order valence-corrected chi connectivity index (χ4v) is 8.73. The Kier molecular flexibility index (Phi) is 14.4. The van der Waals surface area contributed by atoms with E-state index in [1.807, 2.05) is 27.7 Å². The summed E-state index contributed by atoms with van der Waals surface area (Å²) in [5.41, 5.74) is -0.902. The number of carbonyl (C=O) groups excluding carboxylic acids is 5. The van der Waals surface area contributed by atoms with E-state index in [4.69, 9.17) is 0 Å². The van der Waals surface area contributed by atoms with Crippen LogP contribution in [0.1, 0.15) is 96.8 Å². The van der Waals surface area contributed by atoms with Crippen LogP contribution in [0.25, 0.3) is 0 Å². The summed E-state index contributed by atoms with van der Waals surface area (Å²) in [6.07, 6.45) is 9.09. The van der Waals surface area contributed by atoms with E-state index < -0.39 is 58.2 Å². The SMILES string of the molecule is C=CCNC(=O)C(=O)C(CC1CC1)NC(=O)C1CCCN1C(=O)C(NC(=O)NC(CNCc1sccc1S(=O)O)C(C)(C)C)C1(C)CCCCC1. The molecule has 15 heteroatoms. The molecule has 284 valence electrons. The van der Waals surface area contributed by atoms with Crippen LogP contribution in [0.2, 0.25) is 0 Å². The van der Waals surface area contributed by atoms with Gasteiger partial charge in [-0.1, -0.05) is 65.9 Å². The second-order valence-corrected chi connectivity index (χ2v) is 17.5. The number of hydrogen-bond acceptors (Lipinski definition) is 8. The summed E-state index contributed by atoms with van der Waals surface area (Å²) in [7, 11) is 0. The second-order valence-electron chi connectivity index (χ2n) is 15.6. The zero-order valence-corrected chi connectivity index (χ0v) is 32.0. The standard InChI is InChI=1S/C36H56N6O7S2/c1-6-17-38-32(45)29(43)24(20-23-12-13-23)39-31(44)25-11-10-18-42(25)33(46)30(36(5)15-8-7-9-16-36)41-34(47)40-28(35(2,3)4)22-37-21-26-27(51(48)49)14-19-50-26/h6,14,19,23-25,28,30,37H,1,7-13,15-18,20-22H2,2-5H3,(H,38,45)(H,39,44)(H,48,49)(H2,40,41,47). The molecule has 1 aliphatic heterocycles. The number of thiophene rings is 1. The van der Waals surface area contributed by atoms with Crippen molar-refractivity contribution in [3.8, 4) is 0 Å². The van der Waals surface area contributed by atoms with E-state index in [1.165, 1.54) is 17.4 Å². The number of rotatable bonds is 17. The van der Waals surface area contributed by atoms with Crippen LogP contribution in [0.4, 0.5) is 4.79 Å². The molecule has 2 heterocycles. The summed E-state index contributed by atoms with van der Waals surface area (Å²) >= 11 is -0.706. The largest absolute Gasteiger partial charge is 0.346 e. The van der Waals surface area contributed by atoms with Crippen LogP contribution in [0.3, 0.4) is 0 Å². The van der Waals surface area contributed by atoms with Gasteiger partial charge in [-0.25, -0.2) is 9.00 Å². The van der Waals surface area contributed by atoms with Gasteiger partial charge in [0.25, 0.3) is 5.91 Å². The minimum Gasteiger partial charge on any atom is -0.346 e. The first kappa shape index (κ1) is 40.6. The molecule has 13 nitrogen and oxygen atoms in total. The Morgan fingerprint density at radius 1 is 1.08 bits per heavy atom. The van der Waals surface area contributed by atoms with E-state index in [0.717, 1.165) is 49.8 Å². The van der Waals surface area contributed by atoms with Crippen molar-refractivity contribution >= 4 is 52.0 Å². The van der Waals surface area contributed by atoms with Crippen LogP contribution >= 0.6 is 11.3 Å². The summed E-state index contributed by atoms with van der Waals surface area (Å²) in [5, 5.41) is 16.5. The van der Waals surface area contributed by atoms with Crippen LogP contribution in [0, 0.1) is 16.7 Å². The number of ketones is 1. The van der Waals surface area contributed by atoms with Gasteiger partial charge in [0.2, 0.25) is 17.6 Å². The van der Waals surface area contributed by atoms with Gasteiger partial charge < -0.3 is 36.0 Å². The van der Waals surface area contributed by atoms with E-state index in [2.05, 4.69) is 33.2 Å². The lowest BCUT2D eigenvalue weighted by atomic mass is 9.70. The Hall–Kier alpha value is -3.14. The minimum atomic E-state index is -2.09. The molecular formula is C36H56N6O7S2. The predicted molar refractivity (Wildman–Crippen MR) is 197 cm³/mol. The van der Waals surface area contributed by atoms with Crippen LogP contribution in [-0.2, 0) is 36.8 Å². The average Bonchev–Trinajstić information content (AvgIpc) is 3.53. The quantitative estimate of drug-likeness (QED) is 0.0793. The lowest BCUT2D eigenvalue weighted by Gasteiger charge is -2.42. The Bertz CT molecular complexity index is 1450. The summed E-state index contributed by atoms with van der Waals surface area (Å²) in [6.45, 7) is 12.8. The monoisotopic (exact) mass is 748 g/mol. The van der Waals surface area contributed by atoms with Crippen LogP contribution < -0.4 is 26.6 Å². The van der Waals surface area contributed by atoms with Gasteiger partial charge in [-0.3, -0.25) is 19.2 Å². The van der Waals surface area contributed by atoms with E-state index in [-0.39, 0.29) is 29.8 Å². The smallest absolute Gasteiger partial charge is 0.315 e. The van der Waals surface area contributed by atoms with E-state index in [0.29, 0.717) is 43.8 Å². The molecule has 5 atom stereocenters. The van der Waals surface area contributed by atoms with Crippen molar-refractivity contribution in [1.29, 1.82) is 0 Å². The highest BCUT2D eigenvalue weighted by Crippen LogP contribution is 2.40. The predicted octanol–water partition coefficient (Wildman–Crippen LogP) is 3.62. The molecule has 51 heavy (non-hydrogen) atoms. The number of hydrogen-bond donors (Lipinski definition) is 6. The third-order valence-corrected chi connectivity index (χ3v) is 12.3. The van der Waals surface area contributed by atoms with Gasteiger partial charge in [-0.15, -0.1) is 17.9 Å². The van der Waals surface area contributed by atoms with Crippen LogP contribution in [-0.4, -0.2) is 87.0 Å². The molecule has 6 N–H and O–H groups in total. The van der Waals surface area contributed by atoms with Crippen molar-refractivity contribution in [2.45, 2.75) is 128 Å². The summed E-state index contributed by atoms with van der Waals surface area (Å²) < 4.78 is 21.2. The fourth-order valence-electron chi connectivity index (χ4n) is 7.10. The highest BCUT2D eigenvalue weighted by molar-refractivity contribution is 7.79. The number of carbonyl (C=O) groups is 5. The maximum absolute atomic E-state index is 14.5. The maximum Gasteiger partial charge on any atom is 0.315 e. The molecule has 0 aromatic carbocycles. The molecule has 0 bridgehead atoms. The van der Waals surface area contributed by atoms with Gasteiger partial charge in [0, 0.05) is 37.1 Å². The zero-order valence-electron chi connectivity index (χ0n) is 30.4. The normalized spacial score (nSPS) is 21.1. The van der Waals surface area contributed by atoms with Crippen LogP contribution in [0.5, 0.6) is 0 Å². The molecule has 3 aliphatic rings. The summed E-state index contributed by atoms with van der Waals surface area (Å²) in [5.74, 6) is -2.01. The fraction of sp³-hybridized carbons (Fsp3) is 0.694. The van der Waals surface area contributed by atoms with Gasteiger partial charge in [0.15, 0.2) is 11.1 Å². The molecule has 1 aromatic heterocycles. The first-order valence-electron chi connectivity index (χ1n) is 18.1. The molecule has 0 spiro atoms. The van der Waals surface area contributed by atoms with E-state index in [9.17, 15) is 32.7 Å². The lowest BCUT2D eigenvalue weighted by molar-refractivity contribution is -0.144. The van der Waals surface area contributed by atoms with Crippen molar-refractivity contribution < 1.29 is 32.7 Å². The molecule has 4 rings (SSSR count). The van der Waals surface area contributed by atoms with Crippen molar-refractivity contribution in [3.05, 3.63) is 29.0 Å². The third-order valence-electron chi connectivity index (χ3n) is 10.5. The molecule has 1 aromatic rings. The molecule has 1 saturated heterocycles. The number of nitrogens with zero attached hydrogens (tertiary/aromatic N) is 1. The number of amides is 5. The van der Waals surface area contributed by atoms with Gasteiger partial charge in [0.05, 0.1) is 10.9 Å². The average molecular weight is 749 g/mol. The first-order chi connectivity index (χ1) is 24.1. The summed E-state index contributed by atoms with van der Waals surface area (Å²) in [4.78, 5) is 70.3. The van der Waals surface area contributed by atoms with Gasteiger partial charge in [-0.2, -0.15) is 0 Å². The second kappa shape index (κ2) is 18.1. The van der Waals surface area contributed by atoms with E-state index in [1.54, 1.807) is 16.3 Å². The molecule has 5 amide bonds. The number of nitrogens with one attached hydrogen (secondary N) is 5. The highest BCUT2D eigenvalue weighted by Gasteiger charge is 2.47. The lowest BCUT2D eigenvalue weighted by Crippen LogP contribution is -2.62. The highest BCUT2D eigenvalue weighted by atomic mass is 32.2. The van der Waals surface area contributed by atoms with Gasteiger partial charge >= 0.3 is 6.03 Å². The summed E-state index contributed by atoms with van der Waals surface area (Å²) in [6, 6.07) is -1.92. The van der Waals surface area contributed by atoms with Crippen molar-refractivity contribution in [1.82, 2.24) is 31.5 Å². The van der Waals surface area contributed by atoms with Crippen LogP contribution in [0.15, 0.2) is 29.0 Å². The first-order valence-corrected chi connectivity index (χ1v) is 20.1. The topological polar surface area (TPSA) is 186 Å². The Balaban J connectivity index is 1.47. The Labute approximate surface area is 308 Å². The van der Waals surface area contributed by atoms with Gasteiger partial charge in [0.1, 0.15) is 12.1 Å². The Morgan fingerprint density at radius 3 is 2.41 bits per heavy atom. The van der Waals surface area contributed by atoms with Crippen molar-refractivity contribution in [2.75, 3.05) is 19.6 Å². The molecule has 2 saturated carbocycles. The molecule has 2 aliphatic carbocycles. The number of urea groups is 1. The van der Waals surface area contributed by atoms with E-state index >= 15 is 0 Å². The molecule has 0 radical (unpaired) electrons. The Morgan fingerprint density at radius 2 is 1.78 bits per heavy atom. The third kappa shape index (κ3) is 11.2.